The number of nitriles is 1. The number of aliphatic carboxylic acids is 1. The predicted molar refractivity (Wildman–Crippen MR) is 69.8 cm³/mol. The molecule has 0 amide bonds. The van der Waals surface area contributed by atoms with Crippen molar-refractivity contribution in [3.63, 3.8) is 0 Å². The van der Waals surface area contributed by atoms with Gasteiger partial charge in [0.2, 0.25) is 0 Å². The minimum atomic E-state index is -0.729. The van der Waals surface area contributed by atoms with Gasteiger partial charge in [0.1, 0.15) is 17.5 Å². The number of piperidine rings is 1. The van der Waals surface area contributed by atoms with Gasteiger partial charge in [0, 0.05) is 26.6 Å². The van der Waals surface area contributed by atoms with Crippen LogP contribution in [0.4, 0.5) is 5.82 Å². The first-order valence-electron chi connectivity index (χ1n) is 6.43. The average Bonchev–Trinajstić information content (AvgIpc) is 2.64. The smallest absolute Gasteiger partial charge is 0.303 e. The highest BCUT2D eigenvalue weighted by Gasteiger charge is 2.25. The van der Waals surface area contributed by atoms with Crippen LogP contribution in [0, 0.1) is 24.2 Å². The molecule has 1 aliphatic heterocycles. The van der Waals surface area contributed by atoms with Crippen molar-refractivity contribution in [2.45, 2.75) is 26.2 Å². The van der Waals surface area contributed by atoms with Gasteiger partial charge in [-0.1, -0.05) is 0 Å². The van der Waals surface area contributed by atoms with Gasteiger partial charge in [-0.15, -0.1) is 0 Å². The molecule has 1 fully saturated rings. The summed E-state index contributed by atoms with van der Waals surface area (Å²) in [5, 5.41) is 22.3. The van der Waals surface area contributed by atoms with Crippen molar-refractivity contribution >= 4 is 11.8 Å². The van der Waals surface area contributed by atoms with E-state index in [0.29, 0.717) is 5.56 Å². The summed E-state index contributed by atoms with van der Waals surface area (Å²) in [6, 6.07) is 2.21. The number of rotatable bonds is 3. The average molecular weight is 262 g/mol. The van der Waals surface area contributed by atoms with Gasteiger partial charge in [-0.05, 0) is 25.7 Å². The Morgan fingerprint density at radius 3 is 2.68 bits per heavy atom. The van der Waals surface area contributed by atoms with Crippen LogP contribution in [0.15, 0.2) is 0 Å². The van der Waals surface area contributed by atoms with Crippen molar-refractivity contribution in [1.82, 2.24) is 9.78 Å². The summed E-state index contributed by atoms with van der Waals surface area (Å²) in [6.07, 6.45) is 1.94. The Labute approximate surface area is 112 Å². The normalized spacial score (nSPS) is 16.4. The topological polar surface area (TPSA) is 82.2 Å². The maximum absolute atomic E-state index is 10.7. The van der Waals surface area contributed by atoms with Crippen molar-refractivity contribution in [2.24, 2.45) is 13.0 Å². The van der Waals surface area contributed by atoms with E-state index in [9.17, 15) is 10.1 Å². The van der Waals surface area contributed by atoms with Gasteiger partial charge >= 0.3 is 5.97 Å². The third kappa shape index (κ3) is 2.70. The van der Waals surface area contributed by atoms with E-state index in [4.69, 9.17) is 5.11 Å². The molecule has 1 aromatic heterocycles. The Balaban J connectivity index is 2.10. The zero-order valence-electron chi connectivity index (χ0n) is 11.3. The van der Waals surface area contributed by atoms with E-state index >= 15 is 0 Å². The molecule has 1 aromatic rings. The van der Waals surface area contributed by atoms with Crippen molar-refractivity contribution < 1.29 is 9.90 Å². The van der Waals surface area contributed by atoms with E-state index in [2.05, 4.69) is 16.1 Å². The molecule has 0 atom stereocenters. The lowest BCUT2D eigenvalue weighted by atomic mass is 9.93. The lowest BCUT2D eigenvalue weighted by Crippen LogP contribution is -2.36. The fourth-order valence-corrected chi connectivity index (χ4v) is 2.74. The fraction of sp³-hybridized carbons (Fsp3) is 0.615. The number of carboxylic acids is 1. The monoisotopic (exact) mass is 262 g/mol. The molecule has 1 aliphatic rings. The Bertz CT molecular complexity index is 521. The summed E-state index contributed by atoms with van der Waals surface area (Å²) < 4.78 is 1.74. The van der Waals surface area contributed by atoms with Crippen LogP contribution in [-0.4, -0.2) is 33.9 Å². The Kier molecular flexibility index (Phi) is 3.74. The first-order valence-corrected chi connectivity index (χ1v) is 6.43. The summed E-state index contributed by atoms with van der Waals surface area (Å²) in [6.45, 7) is 3.40. The molecule has 2 heterocycles. The summed E-state index contributed by atoms with van der Waals surface area (Å²) in [7, 11) is 1.84. The molecule has 0 aromatic carbocycles. The van der Waals surface area contributed by atoms with Crippen LogP contribution in [0.5, 0.6) is 0 Å². The molecule has 6 nitrogen and oxygen atoms in total. The van der Waals surface area contributed by atoms with Crippen LogP contribution in [0.1, 0.15) is 30.5 Å². The molecule has 0 saturated carbocycles. The highest BCUT2D eigenvalue weighted by molar-refractivity contribution is 5.67. The van der Waals surface area contributed by atoms with Crippen LogP contribution in [0.25, 0.3) is 0 Å². The van der Waals surface area contributed by atoms with Gasteiger partial charge in [-0.25, -0.2) is 0 Å². The second-order valence-corrected chi connectivity index (χ2v) is 5.05. The van der Waals surface area contributed by atoms with E-state index in [1.807, 2.05) is 14.0 Å². The minimum absolute atomic E-state index is 0.239. The van der Waals surface area contributed by atoms with Crippen LogP contribution in [0.2, 0.25) is 0 Å². The van der Waals surface area contributed by atoms with Gasteiger partial charge < -0.3 is 10.0 Å². The zero-order chi connectivity index (χ0) is 14.0. The fourth-order valence-electron chi connectivity index (χ4n) is 2.74. The van der Waals surface area contributed by atoms with Crippen molar-refractivity contribution in [3.05, 3.63) is 11.3 Å². The van der Waals surface area contributed by atoms with Gasteiger partial charge in [0.05, 0.1) is 5.69 Å². The van der Waals surface area contributed by atoms with Crippen molar-refractivity contribution in [2.75, 3.05) is 18.0 Å². The summed E-state index contributed by atoms with van der Waals surface area (Å²) in [5.41, 5.74) is 1.37. The quantitative estimate of drug-likeness (QED) is 0.887. The second kappa shape index (κ2) is 5.31. The maximum atomic E-state index is 10.7. The number of aromatic nitrogens is 2. The number of hydrogen-bond donors (Lipinski definition) is 1. The minimum Gasteiger partial charge on any atom is -0.481 e. The third-order valence-electron chi connectivity index (χ3n) is 3.68. The molecule has 1 N–H and O–H groups in total. The number of carbonyl (C=O) groups is 1. The van der Waals surface area contributed by atoms with Crippen molar-refractivity contribution in [3.8, 4) is 6.07 Å². The number of aryl methyl sites for hydroxylation is 2. The van der Waals surface area contributed by atoms with Gasteiger partial charge in [-0.2, -0.15) is 10.4 Å². The number of anilines is 1. The largest absolute Gasteiger partial charge is 0.481 e. The third-order valence-corrected chi connectivity index (χ3v) is 3.68. The first kappa shape index (κ1) is 13.4. The van der Waals surface area contributed by atoms with Crippen LogP contribution in [-0.2, 0) is 11.8 Å². The molecule has 0 radical (unpaired) electrons. The van der Waals surface area contributed by atoms with E-state index < -0.39 is 5.97 Å². The lowest BCUT2D eigenvalue weighted by molar-refractivity contribution is -0.138. The van der Waals surface area contributed by atoms with Crippen LogP contribution < -0.4 is 4.90 Å². The SMILES string of the molecule is Cc1nn(C)c(N2CCC(CC(=O)O)CC2)c1C#N. The molecule has 0 unspecified atom stereocenters. The first-order chi connectivity index (χ1) is 9.02. The Morgan fingerprint density at radius 2 is 2.16 bits per heavy atom. The second-order valence-electron chi connectivity index (χ2n) is 5.05. The molecule has 0 spiro atoms. The molecule has 0 aliphatic carbocycles. The molecular weight excluding hydrogens is 244 g/mol. The van der Waals surface area contributed by atoms with Crippen LogP contribution >= 0.6 is 0 Å². The molecular formula is C13H18N4O2. The number of nitrogens with zero attached hydrogens (tertiary/aromatic N) is 4. The highest BCUT2D eigenvalue weighted by atomic mass is 16.4. The summed E-state index contributed by atoms with van der Waals surface area (Å²) >= 11 is 0. The molecule has 0 bridgehead atoms. The van der Waals surface area contributed by atoms with E-state index in [0.717, 1.165) is 37.4 Å². The zero-order valence-corrected chi connectivity index (χ0v) is 11.3. The predicted octanol–water partition coefficient (Wildman–Crippen LogP) is 1.29. The number of hydrogen-bond acceptors (Lipinski definition) is 4. The summed E-state index contributed by atoms with van der Waals surface area (Å²) in [5.74, 6) is 0.370. The highest BCUT2D eigenvalue weighted by Crippen LogP contribution is 2.28. The number of carboxylic acid groups (broad SMARTS) is 1. The molecule has 1 saturated heterocycles. The standard InChI is InChI=1S/C13H18N4O2/c1-9-11(8-14)13(16(2)15-9)17-5-3-10(4-6-17)7-12(18)19/h10H,3-7H2,1-2H3,(H,18,19). The van der Waals surface area contributed by atoms with Crippen LogP contribution in [0.3, 0.4) is 0 Å². The molecule has 102 valence electrons. The maximum Gasteiger partial charge on any atom is 0.303 e. The molecule has 6 heteroatoms. The van der Waals surface area contributed by atoms with E-state index in [1.54, 1.807) is 4.68 Å². The van der Waals surface area contributed by atoms with Gasteiger partial charge in [0.15, 0.2) is 0 Å². The lowest BCUT2D eigenvalue weighted by Gasteiger charge is -2.32. The summed E-state index contributed by atoms with van der Waals surface area (Å²) in [4.78, 5) is 12.8. The van der Waals surface area contributed by atoms with E-state index in [1.165, 1.54) is 0 Å². The van der Waals surface area contributed by atoms with Gasteiger partial charge in [-0.3, -0.25) is 9.48 Å². The molecule has 2 rings (SSSR count). The van der Waals surface area contributed by atoms with Gasteiger partial charge in [0.25, 0.3) is 0 Å². The van der Waals surface area contributed by atoms with E-state index in [-0.39, 0.29) is 12.3 Å². The Hall–Kier alpha value is -2.03. The molecule has 19 heavy (non-hydrogen) atoms. The Morgan fingerprint density at radius 1 is 1.53 bits per heavy atom. The van der Waals surface area contributed by atoms with Crippen molar-refractivity contribution in [1.29, 1.82) is 5.26 Å².